The number of hydrogen-bond donors (Lipinski definition) is 1. The third-order valence-electron chi connectivity index (χ3n) is 4.65. The van der Waals surface area contributed by atoms with Crippen molar-refractivity contribution in [3.8, 4) is 0 Å². The highest BCUT2D eigenvalue weighted by Crippen LogP contribution is 2.21. The summed E-state index contributed by atoms with van der Waals surface area (Å²) in [6.07, 6.45) is 4.50. The Morgan fingerprint density at radius 1 is 1.18 bits per heavy atom. The van der Waals surface area contributed by atoms with Crippen LogP contribution in [0.25, 0.3) is 0 Å². The van der Waals surface area contributed by atoms with Crippen LogP contribution in [0.15, 0.2) is 0 Å². The van der Waals surface area contributed by atoms with Gasteiger partial charge in [0.25, 0.3) is 0 Å². The van der Waals surface area contributed by atoms with Crippen molar-refractivity contribution in [2.45, 2.75) is 52.5 Å². The van der Waals surface area contributed by atoms with Crippen LogP contribution in [0.3, 0.4) is 0 Å². The van der Waals surface area contributed by atoms with Gasteiger partial charge < -0.3 is 10.2 Å². The SMILES string of the molecule is CCC(C(=O)N1CCC(CCNC)CC1)N(CC)CC.Cl.Cl. The first kappa shape index (κ1) is 24.2. The molecule has 0 aromatic carbocycles. The van der Waals surface area contributed by atoms with Gasteiger partial charge in [0.1, 0.15) is 0 Å². The zero-order chi connectivity index (χ0) is 15.0. The lowest BCUT2D eigenvalue weighted by Gasteiger charge is -2.37. The largest absolute Gasteiger partial charge is 0.341 e. The number of amides is 1. The van der Waals surface area contributed by atoms with Crippen LogP contribution < -0.4 is 5.32 Å². The number of likely N-dealkylation sites (tertiary alicyclic amines) is 1. The number of hydrogen-bond acceptors (Lipinski definition) is 3. The quantitative estimate of drug-likeness (QED) is 0.726. The van der Waals surface area contributed by atoms with Crippen LogP contribution in [0.2, 0.25) is 0 Å². The second-order valence-corrected chi connectivity index (χ2v) is 5.81. The maximum absolute atomic E-state index is 12.7. The van der Waals surface area contributed by atoms with E-state index in [4.69, 9.17) is 0 Å². The van der Waals surface area contributed by atoms with E-state index in [1.165, 1.54) is 19.3 Å². The predicted octanol–water partition coefficient (Wildman–Crippen LogP) is 2.80. The lowest BCUT2D eigenvalue weighted by molar-refractivity contribution is -0.138. The maximum Gasteiger partial charge on any atom is 0.239 e. The second kappa shape index (κ2) is 13.4. The molecule has 4 nitrogen and oxygen atoms in total. The summed E-state index contributed by atoms with van der Waals surface area (Å²) in [4.78, 5) is 17.1. The molecular weight excluding hydrogens is 321 g/mol. The molecule has 22 heavy (non-hydrogen) atoms. The predicted molar refractivity (Wildman–Crippen MR) is 99.3 cm³/mol. The van der Waals surface area contributed by atoms with Crippen molar-refractivity contribution in [3.63, 3.8) is 0 Å². The smallest absolute Gasteiger partial charge is 0.239 e. The summed E-state index contributed by atoms with van der Waals surface area (Å²) in [6, 6.07) is 0.0823. The van der Waals surface area contributed by atoms with Gasteiger partial charge in [-0.15, -0.1) is 24.8 Å². The highest BCUT2D eigenvalue weighted by molar-refractivity contribution is 5.85. The Balaban J connectivity index is 0. The van der Waals surface area contributed by atoms with Gasteiger partial charge in [0.15, 0.2) is 0 Å². The molecular formula is C16H35Cl2N3O. The van der Waals surface area contributed by atoms with E-state index in [0.29, 0.717) is 5.91 Å². The fourth-order valence-corrected chi connectivity index (χ4v) is 3.25. The molecule has 1 rings (SSSR count). The summed E-state index contributed by atoms with van der Waals surface area (Å²) < 4.78 is 0. The van der Waals surface area contributed by atoms with Gasteiger partial charge in [0, 0.05) is 13.1 Å². The van der Waals surface area contributed by atoms with Crippen molar-refractivity contribution in [2.75, 3.05) is 39.8 Å². The zero-order valence-corrected chi connectivity index (χ0v) is 16.3. The molecule has 1 saturated heterocycles. The summed E-state index contributed by atoms with van der Waals surface area (Å²) in [7, 11) is 2.01. The minimum Gasteiger partial charge on any atom is -0.341 e. The number of carbonyl (C=O) groups is 1. The van der Waals surface area contributed by atoms with Gasteiger partial charge in [0.05, 0.1) is 6.04 Å². The molecule has 0 aromatic heterocycles. The first-order chi connectivity index (χ1) is 9.67. The first-order valence-corrected chi connectivity index (χ1v) is 8.35. The lowest BCUT2D eigenvalue weighted by Crippen LogP contribution is -2.50. The molecule has 6 heteroatoms. The van der Waals surface area contributed by atoms with Gasteiger partial charge in [0.2, 0.25) is 5.91 Å². The van der Waals surface area contributed by atoms with Gasteiger partial charge in [-0.3, -0.25) is 9.69 Å². The average Bonchev–Trinajstić information content (AvgIpc) is 2.50. The standard InChI is InChI=1S/C16H33N3O.2ClH/c1-5-15(18(6-2)7-3)16(20)19-12-9-14(10-13-19)8-11-17-4;;/h14-15,17H,5-13H2,1-4H3;2*1H. The van der Waals surface area contributed by atoms with E-state index < -0.39 is 0 Å². The van der Waals surface area contributed by atoms with Crippen LogP contribution in [-0.4, -0.2) is 61.5 Å². The Kier molecular flexibility index (Phi) is 14.8. The van der Waals surface area contributed by atoms with Crippen molar-refractivity contribution >= 4 is 30.7 Å². The fraction of sp³-hybridized carbons (Fsp3) is 0.938. The van der Waals surface area contributed by atoms with Crippen molar-refractivity contribution in [3.05, 3.63) is 0 Å². The Morgan fingerprint density at radius 2 is 1.73 bits per heavy atom. The molecule has 1 N–H and O–H groups in total. The van der Waals surface area contributed by atoms with Gasteiger partial charge in [-0.25, -0.2) is 0 Å². The number of likely N-dealkylation sites (N-methyl/N-ethyl adjacent to an activating group) is 1. The molecule has 0 aromatic rings. The van der Waals surface area contributed by atoms with Crippen molar-refractivity contribution in [1.82, 2.24) is 15.1 Å². The molecule has 1 aliphatic rings. The zero-order valence-electron chi connectivity index (χ0n) is 14.6. The summed E-state index contributed by atoms with van der Waals surface area (Å²) >= 11 is 0. The van der Waals surface area contributed by atoms with Crippen molar-refractivity contribution in [2.24, 2.45) is 5.92 Å². The highest BCUT2D eigenvalue weighted by atomic mass is 35.5. The van der Waals surface area contributed by atoms with E-state index in [0.717, 1.165) is 45.1 Å². The lowest BCUT2D eigenvalue weighted by atomic mass is 9.93. The number of rotatable bonds is 8. The fourth-order valence-electron chi connectivity index (χ4n) is 3.25. The van der Waals surface area contributed by atoms with Crippen molar-refractivity contribution < 1.29 is 4.79 Å². The summed E-state index contributed by atoms with van der Waals surface area (Å²) in [5, 5.41) is 3.22. The Morgan fingerprint density at radius 3 is 2.14 bits per heavy atom. The molecule has 0 saturated carbocycles. The molecule has 1 unspecified atom stereocenters. The van der Waals surface area contributed by atoms with Crippen LogP contribution in [-0.2, 0) is 4.79 Å². The Labute approximate surface area is 149 Å². The highest BCUT2D eigenvalue weighted by Gasteiger charge is 2.29. The molecule has 1 heterocycles. The van der Waals surface area contributed by atoms with Gasteiger partial charge >= 0.3 is 0 Å². The molecule has 0 radical (unpaired) electrons. The monoisotopic (exact) mass is 355 g/mol. The van der Waals surface area contributed by atoms with Crippen LogP contribution in [0.5, 0.6) is 0 Å². The van der Waals surface area contributed by atoms with Crippen LogP contribution >= 0.6 is 24.8 Å². The number of nitrogens with one attached hydrogen (secondary N) is 1. The topological polar surface area (TPSA) is 35.6 Å². The second-order valence-electron chi connectivity index (χ2n) is 5.81. The molecule has 1 fully saturated rings. The van der Waals surface area contributed by atoms with E-state index in [-0.39, 0.29) is 30.9 Å². The number of halogens is 2. The van der Waals surface area contributed by atoms with Crippen molar-refractivity contribution in [1.29, 1.82) is 0 Å². The van der Waals surface area contributed by atoms with E-state index in [2.05, 4.69) is 35.9 Å². The summed E-state index contributed by atoms with van der Waals surface area (Å²) in [5.74, 6) is 1.14. The molecule has 1 atom stereocenters. The molecule has 1 aliphatic heterocycles. The number of carbonyl (C=O) groups excluding carboxylic acids is 1. The van der Waals surface area contributed by atoms with Gasteiger partial charge in [-0.1, -0.05) is 20.8 Å². The minimum atomic E-state index is 0. The molecule has 134 valence electrons. The van der Waals surface area contributed by atoms with E-state index >= 15 is 0 Å². The molecule has 1 amide bonds. The third-order valence-corrected chi connectivity index (χ3v) is 4.65. The average molecular weight is 356 g/mol. The number of nitrogens with zero attached hydrogens (tertiary/aromatic N) is 2. The first-order valence-electron chi connectivity index (χ1n) is 8.35. The minimum absolute atomic E-state index is 0. The van der Waals surface area contributed by atoms with E-state index in [1.54, 1.807) is 0 Å². The van der Waals surface area contributed by atoms with Crippen LogP contribution in [0, 0.1) is 5.92 Å². The Hall–Kier alpha value is -0.0300. The van der Waals surface area contributed by atoms with E-state index in [9.17, 15) is 4.79 Å². The van der Waals surface area contributed by atoms with Gasteiger partial charge in [-0.2, -0.15) is 0 Å². The summed E-state index contributed by atoms with van der Waals surface area (Å²) in [6.45, 7) is 11.3. The van der Waals surface area contributed by atoms with E-state index in [1.807, 2.05) is 7.05 Å². The maximum atomic E-state index is 12.7. The normalized spacial score (nSPS) is 16.9. The third kappa shape index (κ3) is 7.03. The number of piperidine rings is 1. The summed E-state index contributed by atoms with van der Waals surface area (Å²) in [5.41, 5.74) is 0. The molecule has 0 spiro atoms. The molecule has 0 bridgehead atoms. The van der Waals surface area contributed by atoms with Crippen LogP contribution in [0.1, 0.15) is 46.5 Å². The molecule has 0 aliphatic carbocycles. The van der Waals surface area contributed by atoms with Gasteiger partial charge in [-0.05, 0) is 58.3 Å². The Bertz CT molecular complexity index is 281. The van der Waals surface area contributed by atoms with Crippen LogP contribution in [0.4, 0.5) is 0 Å².